The van der Waals surface area contributed by atoms with E-state index in [2.05, 4.69) is 15.3 Å². The highest BCUT2D eigenvalue weighted by Crippen LogP contribution is 2.39. The number of benzene rings is 1. The predicted molar refractivity (Wildman–Crippen MR) is 114 cm³/mol. The molecule has 2 heterocycles. The fourth-order valence-electron chi connectivity index (χ4n) is 3.60. The fourth-order valence-corrected chi connectivity index (χ4v) is 3.80. The molecule has 0 fully saturated rings. The van der Waals surface area contributed by atoms with Gasteiger partial charge in [-0.25, -0.2) is 14.2 Å². The second kappa shape index (κ2) is 8.79. The second-order valence-corrected chi connectivity index (χ2v) is 8.73. The van der Waals surface area contributed by atoms with E-state index >= 15 is 0 Å². The number of ether oxygens (including phenoxy) is 2. The molecule has 0 radical (unpaired) electrons. The summed E-state index contributed by atoms with van der Waals surface area (Å²) in [6.45, 7) is 5.45. The molecule has 3 rings (SSSR count). The van der Waals surface area contributed by atoms with E-state index in [-0.39, 0.29) is 23.7 Å². The number of carbonyl (C=O) groups excluding carboxylic acids is 1. The number of amidine groups is 1. The van der Waals surface area contributed by atoms with Crippen molar-refractivity contribution in [3.05, 3.63) is 52.4 Å². The van der Waals surface area contributed by atoms with Gasteiger partial charge in [-0.2, -0.15) is 13.2 Å². The maximum Gasteiger partial charge on any atom is 0.418 e. The number of amides is 1. The number of halogens is 5. The summed E-state index contributed by atoms with van der Waals surface area (Å²) in [6.07, 6.45) is -4.94. The van der Waals surface area contributed by atoms with E-state index in [1.54, 1.807) is 6.92 Å². The standard InChI is InChI=1S/C21H21ClF4N4O3/c1-19(2)10-20(3,30-16(27)9-32-19)13-7-12(4-5-15(13)23)29-18(31)33-17-14(22)6-11(8-28-17)21(24,25)26/h4-8H,9-10H2,1-3H3,(H2,27,30)(H,29,31)/t20-/m0/s1. The summed E-state index contributed by atoms with van der Waals surface area (Å²) < 4.78 is 63.6. The van der Waals surface area contributed by atoms with Crippen LogP contribution in [0.1, 0.15) is 38.3 Å². The van der Waals surface area contributed by atoms with Crippen molar-refractivity contribution < 1.29 is 31.8 Å². The predicted octanol–water partition coefficient (Wildman–Crippen LogP) is 5.28. The summed E-state index contributed by atoms with van der Waals surface area (Å²) in [4.78, 5) is 20.1. The molecule has 33 heavy (non-hydrogen) atoms. The molecular weight excluding hydrogens is 468 g/mol. The minimum atomic E-state index is -4.65. The molecule has 0 bridgehead atoms. The molecule has 7 nitrogen and oxygen atoms in total. The number of hydrogen-bond donors (Lipinski definition) is 2. The minimum Gasteiger partial charge on any atom is -0.389 e. The summed E-state index contributed by atoms with van der Waals surface area (Å²) in [7, 11) is 0. The average Bonchev–Trinajstić information content (AvgIpc) is 2.78. The van der Waals surface area contributed by atoms with Crippen LogP contribution < -0.4 is 15.8 Å². The smallest absolute Gasteiger partial charge is 0.389 e. The second-order valence-electron chi connectivity index (χ2n) is 8.32. The van der Waals surface area contributed by atoms with Crippen LogP contribution in [0.4, 0.5) is 28.0 Å². The molecule has 3 N–H and O–H groups in total. The van der Waals surface area contributed by atoms with E-state index < -0.39 is 45.7 Å². The van der Waals surface area contributed by atoms with E-state index in [9.17, 15) is 22.4 Å². The number of pyridine rings is 1. The van der Waals surface area contributed by atoms with Crippen molar-refractivity contribution in [1.82, 2.24) is 4.98 Å². The highest BCUT2D eigenvalue weighted by Gasteiger charge is 2.39. The number of anilines is 1. The molecular formula is C21H21ClF4N4O3. The van der Waals surface area contributed by atoms with Crippen LogP contribution in [0.2, 0.25) is 5.02 Å². The molecule has 0 spiro atoms. The normalized spacial score (nSPS) is 20.5. The third-order valence-corrected chi connectivity index (χ3v) is 5.16. The lowest BCUT2D eigenvalue weighted by molar-refractivity contribution is -0.137. The van der Waals surface area contributed by atoms with Crippen molar-refractivity contribution in [3.63, 3.8) is 0 Å². The molecule has 2 aromatic rings. The van der Waals surface area contributed by atoms with Gasteiger partial charge in [0.1, 0.15) is 23.3 Å². The van der Waals surface area contributed by atoms with Gasteiger partial charge in [0.2, 0.25) is 5.88 Å². The van der Waals surface area contributed by atoms with Gasteiger partial charge in [0.15, 0.2) is 0 Å². The van der Waals surface area contributed by atoms with Crippen LogP contribution in [-0.4, -0.2) is 29.1 Å². The van der Waals surface area contributed by atoms with Crippen LogP contribution >= 0.6 is 11.6 Å². The topological polar surface area (TPSA) is 98.8 Å². The van der Waals surface area contributed by atoms with Gasteiger partial charge in [-0.05, 0) is 45.0 Å². The van der Waals surface area contributed by atoms with E-state index in [1.807, 2.05) is 13.8 Å². The molecule has 1 aromatic heterocycles. The summed E-state index contributed by atoms with van der Waals surface area (Å²) in [5.41, 5.74) is 3.37. The average molecular weight is 489 g/mol. The number of hydrogen-bond acceptors (Lipinski definition) is 6. The number of rotatable bonds is 3. The molecule has 1 aliphatic rings. The lowest BCUT2D eigenvalue weighted by Gasteiger charge is -2.33. The van der Waals surface area contributed by atoms with Gasteiger partial charge >= 0.3 is 12.3 Å². The Morgan fingerprint density at radius 1 is 1.27 bits per heavy atom. The number of carbonyl (C=O) groups is 1. The van der Waals surface area contributed by atoms with Crippen LogP contribution in [0.5, 0.6) is 5.88 Å². The molecule has 0 unspecified atom stereocenters. The number of nitrogens with two attached hydrogens (primary N) is 1. The van der Waals surface area contributed by atoms with Crippen LogP contribution in [0.3, 0.4) is 0 Å². The molecule has 0 saturated carbocycles. The molecule has 1 amide bonds. The molecule has 0 aliphatic carbocycles. The highest BCUT2D eigenvalue weighted by molar-refractivity contribution is 6.32. The largest absolute Gasteiger partial charge is 0.418 e. The minimum absolute atomic E-state index is 0.0926. The lowest BCUT2D eigenvalue weighted by atomic mass is 9.82. The SMILES string of the molecule is CC1(C)C[C@@](C)(c2cc(NC(=O)Oc3ncc(C(F)(F)F)cc3Cl)ccc2F)N=C(N)CO1. The maximum absolute atomic E-state index is 14.8. The first kappa shape index (κ1) is 24.7. The van der Waals surface area contributed by atoms with Crippen molar-refractivity contribution in [2.24, 2.45) is 10.7 Å². The first-order valence-electron chi connectivity index (χ1n) is 9.68. The number of aromatic nitrogens is 1. The first-order valence-corrected chi connectivity index (χ1v) is 10.1. The van der Waals surface area contributed by atoms with Crippen LogP contribution in [0.25, 0.3) is 0 Å². The third-order valence-electron chi connectivity index (χ3n) is 4.89. The number of nitrogens with zero attached hydrogens (tertiary/aromatic N) is 2. The van der Waals surface area contributed by atoms with E-state index in [0.717, 1.165) is 6.07 Å². The fraction of sp³-hybridized carbons (Fsp3) is 0.381. The molecule has 1 aliphatic heterocycles. The summed E-state index contributed by atoms with van der Waals surface area (Å²) in [6, 6.07) is 4.39. The van der Waals surface area contributed by atoms with Gasteiger partial charge in [-0.15, -0.1) is 0 Å². The Hall–Kier alpha value is -2.92. The highest BCUT2D eigenvalue weighted by atomic mass is 35.5. The number of nitrogens with one attached hydrogen (secondary N) is 1. The van der Waals surface area contributed by atoms with Crippen molar-refractivity contribution in [2.75, 3.05) is 11.9 Å². The zero-order valence-corrected chi connectivity index (χ0v) is 18.6. The third kappa shape index (κ3) is 5.91. The van der Waals surface area contributed by atoms with Crippen LogP contribution in [0, 0.1) is 5.82 Å². The molecule has 178 valence electrons. The van der Waals surface area contributed by atoms with Gasteiger partial charge in [-0.3, -0.25) is 10.3 Å². The summed E-state index contributed by atoms with van der Waals surface area (Å²) in [5.74, 6) is -0.891. The van der Waals surface area contributed by atoms with E-state index in [4.69, 9.17) is 26.8 Å². The van der Waals surface area contributed by atoms with Crippen LogP contribution in [-0.2, 0) is 16.5 Å². The first-order chi connectivity index (χ1) is 15.2. The van der Waals surface area contributed by atoms with Gasteiger partial charge in [-0.1, -0.05) is 11.6 Å². The Morgan fingerprint density at radius 2 is 1.97 bits per heavy atom. The zero-order chi connectivity index (χ0) is 24.6. The Balaban J connectivity index is 1.83. The Labute approximate surface area is 191 Å². The molecule has 1 atom stereocenters. The van der Waals surface area contributed by atoms with Crippen molar-refractivity contribution in [2.45, 2.75) is 44.5 Å². The van der Waals surface area contributed by atoms with Crippen molar-refractivity contribution in [3.8, 4) is 5.88 Å². The molecule has 12 heteroatoms. The number of aliphatic imine (C=N–C) groups is 1. The quantitative estimate of drug-likeness (QED) is 0.573. The number of alkyl halides is 3. The molecule has 0 saturated heterocycles. The molecule has 1 aromatic carbocycles. The lowest BCUT2D eigenvalue weighted by Crippen LogP contribution is -2.33. The monoisotopic (exact) mass is 488 g/mol. The Kier molecular flexibility index (Phi) is 6.58. The Morgan fingerprint density at radius 3 is 2.61 bits per heavy atom. The van der Waals surface area contributed by atoms with Gasteiger partial charge in [0.25, 0.3) is 0 Å². The summed E-state index contributed by atoms with van der Waals surface area (Å²) in [5, 5.41) is 1.87. The maximum atomic E-state index is 14.8. The van der Waals surface area contributed by atoms with E-state index in [1.165, 1.54) is 12.1 Å². The van der Waals surface area contributed by atoms with Gasteiger partial charge in [0, 0.05) is 23.9 Å². The van der Waals surface area contributed by atoms with Gasteiger partial charge < -0.3 is 15.2 Å². The van der Waals surface area contributed by atoms with Crippen molar-refractivity contribution >= 4 is 29.2 Å². The van der Waals surface area contributed by atoms with Crippen LogP contribution in [0.15, 0.2) is 35.5 Å². The van der Waals surface area contributed by atoms with E-state index in [0.29, 0.717) is 18.7 Å². The Bertz CT molecular complexity index is 1110. The van der Waals surface area contributed by atoms with Crippen molar-refractivity contribution in [1.29, 1.82) is 0 Å². The summed E-state index contributed by atoms with van der Waals surface area (Å²) >= 11 is 5.75. The zero-order valence-electron chi connectivity index (χ0n) is 17.9. The van der Waals surface area contributed by atoms with Gasteiger partial charge in [0.05, 0.1) is 16.7 Å².